The minimum Gasteiger partial charge on any atom is -0.444 e. The summed E-state index contributed by atoms with van der Waals surface area (Å²) in [7, 11) is 0. The Bertz CT molecular complexity index is 1930. The lowest BCUT2D eigenvalue weighted by molar-refractivity contribution is -0.137. The molecule has 1 N–H and O–H groups in total. The average molecular weight is 704 g/mol. The van der Waals surface area contributed by atoms with E-state index in [0.29, 0.717) is 56.4 Å². The zero-order valence-corrected chi connectivity index (χ0v) is 28.3. The number of nitrogens with one attached hydrogen (secondary N) is 1. The zero-order valence-electron chi connectivity index (χ0n) is 27.5. The summed E-state index contributed by atoms with van der Waals surface area (Å²) in [6.07, 6.45) is -0.775. The molecule has 1 aliphatic carbocycles. The predicted octanol–water partition coefficient (Wildman–Crippen LogP) is 5.64. The molecule has 2 fully saturated rings. The number of anilines is 2. The van der Waals surface area contributed by atoms with Crippen LogP contribution < -0.4 is 15.8 Å². The van der Waals surface area contributed by atoms with E-state index in [2.05, 4.69) is 10.4 Å². The van der Waals surface area contributed by atoms with Crippen LogP contribution in [0.25, 0.3) is 11.4 Å². The highest BCUT2D eigenvalue weighted by Crippen LogP contribution is 2.45. The fourth-order valence-corrected chi connectivity index (χ4v) is 7.52. The molecule has 1 saturated heterocycles. The Hall–Kier alpha value is -4.11. The lowest BCUT2D eigenvalue weighted by Crippen LogP contribution is -2.67. The third-order valence-corrected chi connectivity index (χ3v) is 9.98. The molecule has 5 heterocycles. The summed E-state index contributed by atoms with van der Waals surface area (Å²) in [5.74, 6) is -0.258. The SMILES string of the molecule is C[C@@H]1CC(C(=O)Nc2ccc(C(F)(F)F)cc2Cl)n2c1c(N1CCN(C(=O)OC(C)(C)C)[C@H]3CC[C@@H]31)c(=O)n1nc(C3=CCOCC3)nc21. The largest absolute Gasteiger partial charge is 0.444 e. The van der Waals surface area contributed by atoms with E-state index in [4.69, 9.17) is 26.1 Å². The summed E-state index contributed by atoms with van der Waals surface area (Å²) >= 11 is 6.20. The van der Waals surface area contributed by atoms with Gasteiger partial charge in [-0.25, -0.2) is 4.79 Å². The highest BCUT2D eigenvalue weighted by molar-refractivity contribution is 6.33. The van der Waals surface area contributed by atoms with Gasteiger partial charge in [0.2, 0.25) is 11.7 Å². The molecule has 4 aliphatic rings. The Morgan fingerprint density at radius 2 is 1.88 bits per heavy atom. The van der Waals surface area contributed by atoms with Gasteiger partial charge in [-0.1, -0.05) is 24.6 Å². The number of benzene rings is 1. The Balaban J connectivity index is 1.30. The number of carbonyl (C=O) groups is 2. The molecule has 7 rings (SSSR count). The van der Waals surface area contributed by atoms with Crippen LogP contribution in [-0.2, 0) is 20.4 Å². The van der Waals surface area contributed by atoms with Crippen molar-refractivity contribution in [1.29, 1.82) is 0 Å². The highest BCUT2D eigenvalue weighted by atomic mass is 35.5. The van der Waals surface area contributed by atoms with Gasteiger partial charge in [0.05, 0.1) is 41.2 Å². The quantitative estimate of drug-likeness (QED) is 0.371. The van der Waals surface area contributed by atoms with Crippen molar-refractivity contribution < 1.29 is 32.2 Å². The van der Waals surface area contributed by atoms with Crippen molar-refractivity contribution in [3.8, 4) is 0 Å². The summed E-state index contributed by atoms with van der Waals surface area (Å²) in [5.41, 5.74) is -0.0900. The molecule has 49 heavy (non-hydrogen) atoms. The van der Waals surface area contributed by atoms with Crippen molar-refractivity contribution in [1.82, 2.24) is 24.1 Å². The maximum Gasteiger partial charge on any atom is 0.416 e. The van der Waals surface area contributed by atoms with E-state index < -0.39 is 35.4 Å². The topological polar surface area (TPSA) is 123 Å². The normalized spacial score (nSPS) is 23.9. The molecule has 0 spiro atoms. The van der Waals surface area contributed by atoms with E-state index in [1.165, 1.54) is 4.52 Å². The first-order chi connectivity index (χ1) is 23.1. The molecule has 0 radical (unpaired) electrons. The van der Waals surface area contributed by atoms with E-state index in [1.807, 2.05) is 38.7 Å². The number of carbonyl (C=O) groups excluding carboxylic acids is 2. The van der Waals surface area contributed by atoms with Gasteiger partial charge in [0.25, 0.3) is 5.56 Å². The molecule has 0 bridgehead atoms. The highest BCUT2D eigenvalue weighted by Gasteiger charge is 2.49. The Labute approximate surface area is 284 Å². The van der Waals surface area contributed by atoms with E-state index in [0.717, 1.165) is 36.6 Å². The standard InChI is InChI=1S/C33H37ClF3N7O5/c1-17-15-24(28(45)38-21-6-5-19(16-20(21)34)33(35,36)37)43-25(17)26(29(46)44-30(43)39-27(40-44)18-9-13-48-14-10-18)41-11-12-42(23-8-7-22(23)41)31(47)49-32(2,3)4/h5-6,9,16-17,22-24H,7-8,10-15H2,1-4H3,(H,38,45)/t17-,22+,23+,24?/m1/s1. The number of halogens is 4. The van der Waals surface area contributed by atoms with Crippen molar-refractivity contribution in [2.24, 2.45) is 0 Å². The van der Waals surface area contributed by atoms with E-state index in [1.54, 1.807) is 9.47 Å². The number of nitrogens with zero attached hydrogens (tertiary/aromatic N) is 6. The molecule has 2 amide bonds. The van der Waals surface area contributed by atoms with Gasteiger partial charge in [0.15, 0.2) is 5.82 Å². The maximum atomic E-state index is 14.5. The number of alkyl halides is 3. The smallest absolute Gasteiger partial charge is 0.416 e. The summed E-state index contributed by atoms with van der Waals surface area (Å²) < 4.78 is 53.9. The van der Waals surface area contributed by atoms with Crippen LogP contribution in [0, 0.1) is 0 Å². The van der Waals surface area contributed by atoms with Crippen LogP contribution in [0.15, 0.2) is 29.1 Å². The van der Waals surface area contributed by atoms with Gasteiger partial charge in [0, 0.05) is 25.0 Å². The van der Waals surface area contributed by atoms with Crippen LogP contribution in [0.1, 0.15) is 82.4 Å². The van der Waals surface area contributed by atoms with Gasteiger partial charge in [-0.15, -0.1) is 5.10 Å². The third-order valence-electron chi connectivity index (χ3n) is 9.67. The second kappa shape index (κ2) is 12.0. The molecule has 12 nitrogen and oxygen atoms in total. The van der Waals surface area contributed by atoms with Gasteiger partial charge in [-0.05, 0) is 70.2 Å². The van der Waals surface area contributed by atoms with Crippen molar-refractivity contribution >= 4 is 46.3 Å². The number of aromatic nitrogens is 4. The molecule has 3 aromatic rings. The first-order valence-corrected chi connectivity index (χ1v) is 16.8. The van der Waals surface area contributed by atoms with E-state index >= 15 is 0 Å². The lowest BCUT2D eigenvalue weighted by Gasteiger charge is -2.54. The van der Waals surface area contributed by atoms with E-state index in [-0.39, 0.29) is 40.0 Å². The molecule has 2 aromatic heterocycles. The fraction of sp³-hybridized carbons (Fsp3) is 0.545. The number of amides is 2. The Kier molecular flexibility index (Phi) is 8.20. The maximum absolute atomic E-state index is 14.5. The minimum absolute atomic E-state index is 0.0307. The minimum atomic E-state index is -4.59. The van der Waals surface area contributed by atoms with Crippen LogP contribution in [0.3, 0.4) is 0 Å². The molecule has 1 aromatic carbocycles. The monoisotopic (exact) mass is 703 g/mol. The summed E-state index contributed by atoms with van der Waals surface area (Å²) in [4.78, 5) is 50.1. The fourth-order valence-electron chi connectivity index (χ4n) is 7.29. The van der Waals surface area contributed by atoms with Crippen LogP contribution in [0.4, 0.5) is 29.3 Å². The summed E-state index contributed by atoms with van der Waals surface area (Å²) in [5, 5.41) is 7.10. The van der Waals surface area contributed by atoms with Gasteiger partial charge < -0.3 is 24.6 Å². The zero-order chi connectivity index (χ0) is 35.0. The predicted molar refractivity (Wildman–Crippen MR) is 175 cm³/mol. The van der Waals surface area contributed by atoms with Gasteiger partial charge in [-0.3, -0.25) is 14.2 Å². The Morgan fingerprint density at radius 3 is 2.51 bits per heavy atom. The summed E-state index contributed by atoms with van der Waals surface area (Å²) in [6, 6.07) is 1.57. The van der Waals surface area contributed by atoms with Gasteiger partial charge in [-0.2, -0.15) is 22.7 Å². The molecular formula is C33H37ClF3N7O5. The molecule has 1 unspecified atom stereocenters. The second-order valence-corrected chi connectivity index (χ2v) is 14.4. The van der Waals surface area contributed by atoms with Crippen LogP contribution in [-0.4, -0.2) is 80.1 Å². The van der Waals surface area contributed by atoms with Crippen LogP contribution >= 0.6 is 11.6 Å². The number of hydrogen-bond acceptors (Lipinski definition) is 8. The van der Waals surface area contributed by atoms with Gasteiger partial charge >= 0.3 is 12.3 Å². The molecule has 16 heteroatoms. The van der Waals surface area contributed by atoms with Crippen molar-refractivity contribution in [3.05, 3.63) is 56.7 Å². The first-order valence-electron chi connectivity index (χ1n) is 16.4. The van der Waals surface area contributed by atoms with Crippen molar-refractivity contribution in [2.75, 3.05) is 36.5 Å². The molecular weight excluding hydrogens is 667 g/mol. The van der Waals surface area contributed by atoms with Crippen LogP contribution in [0.2, 0.25) is 5.02 Å². The van der Waals surface area contributed by atoms with Gasteiger partial charge in [0.1, 0.15) is 17.3 Å². The second-order valence-electron chi connectivity index (χ2n) is 14.0. The molecule has 1 saturated carbocycles. The number of ether oxygens (including phenoxy) is 2. The lowest BCUT2D eigenvalue weighted by atomic mass is 9.81. The van der Waals surface area contributed by atoms with Crippen molar-refractivity contribution in [2.45, 2.75) is 89.2 Å². The summed E-state index contributed by atoms with van der Waals surface area (Å²) in [6.45, 7) is 8.95. The molecule has 4 atom stereocenters. The van der Waals surface area contributed by atoms with Crippen molar-refractivity contribution in [3.63, 3.8) is 0 Å². The molecule has 262 valence electrons. The number of rotatable bonds is 4. The number of hydrogen-bond donors (Lipinski definition) is 1. The number of fused-ring (bicyclic) bond motifs is 4. The van der Waals surface area contributed by atoms with E-state index in [9.17, 15) is 27.6 Å². The number of piperazine rings is 1. The first kappa shape index (κ1) is 33.4. The average Bonchev–Trinajstić information content (AvgIpc) is 3.60. The molecule has 3 aliphatic heterocycles. The van der Waals surface area contributed by atoms with Crippen LogP contribution in [0.5, 0.6) is 0 Å². The third kappa shape index (κ3) is 5.94. The Morgan fingerprint density at radius 1 is 1.12 bits per heavy atom.